The number of ether oxygens (including phenoxy) is 1. The van der Waals surface area contributed by atoms with Crippen molar-refractivity contribution in [3.05, 3.63) is 65.5 Å². The molecule has 0 aliphatic heterocycles. The van der Waals surface area contributed by atoms with Gasteiger partial charge in [0.2, 0.25) is 15.9 Å². The van der Waals surface area contributed by atoms with E-state index in [1.807, 2.05) is 0 Å². The van der Waals surface area contributed by atoms with Crippen LogP contribution in [0.15, 0.2) is 48.5 Å². The monoisotopic (exact) mass is 394 g/mol. The average molecular weight is 394 g/mol. The van der Waals surface area contributed by atoms with E-state index >= 15 is 0 Å². The number of nitrogens with zero attached hydrogens (tertiary/aromatic N) is 1. The topological polar surface area (TPSA) is 92.8 Å². The van der Waals surface area contributed by atoms with Crippen LogP contribution >= 0.6 is 0 Å². The molecular formula is C18H19FN2O5S. The van der Waals surface area contributed by atoms with Crippen LogP contribution in [0, 0.1) is 5.82 Å². The number of nitrogens with one attached hydrogen (secondary N) is 1. The molecule has 2 aromatic carbocycles. The summed E-state index contributed by atoms with van der Waals surface area (Å²) in [5.74, 6) is -1.46. The van der Waals surface area contributed by atoms with Crippen LogP contribution in [-0.2, 0) is 26.1 Å². The van der Waals surface area contributed by atoms with Crippen molar-refractivity contribution in [2.45, 2.75) is 6.54 Å². The number of rotatable bonds is 7. The van der Waals surface area contributed by atoms with Crippen LogP contribution in [0.1, 0.15) is 15.9 Å². The first-order valence-corrected chi connectivity index (χ1v) is 9.73. The van der Waals surface area contributed by atoms with Crippen molar-refractivity contribution < 1.29 is 27.1 Å². The summed E-state index contributed by atoms with van der Waals surface area (Å²) in [6, 6.07) is 11.2. The van der Waals surface area contributed by atoms with Crippen molar-refractivity contribution in [2.24, 2.45) is 0 Å². The van der Waals surface area contributed by atoms with E-state index in [1.54, 1.807) is 0 Å². The molecule has 0 unspecified atom stereocenters. The van der Waals surface area contributed by atoms with Gasteiger partial charge in [-0.05, 0) is 42.0 Å². The van der Waals surface area contributed by atoms with Crippen molar-refractivity contribution in [1.82, 2.24) is 5.32 Å². The second-order valence-corrected chi connectivity index (χ2v) is 7.62. The van der Waals surface area contributed by atoms with Crippen molar-refractivity contribution in [1.29, 1.82) is 0 Å². The Morgan fingerprint density at radius 3 is 2.19 bits per heavy atom. The van der Waals surface area contributed by atoms with E-state index in [9.17, 15) is 22.4 Å². The summed E-state index contributed by atoms with van der Waals surface area (Å²) < 4.78 is 42.5. The quantitative estimate of drug-likeness (QED) is 0.722. The van der Waals surface area contributed by atoms with Crippen LogP contribution in [0.25, 0.3) is 0 Å². The van der Waals surface area contributed by atoms with Crippen LogP contribution in [0.4, 0.5) is 10.1 Å². The molecule has 1 amide bonds. The first kappa shape index (κ1) is 20.4. The largest absolute Gasteiger partial charge is 0.465 e. The van der Waals surface area contributed by atoms with Crippen molar-refractivity contribution >= 4 is 27.6 Å². The number of amides is 1. The molecule has 0 atom stereocenters. The van der Waals surface area contributed by atoms with E-state index in [4.69, 9.17) is 0 Å². The molecule has 1 N–H and O–H groups in total. The van der Waals surface area contributed by atoms with Crippen LogP contribution in [0.2, 0.25) is 0 Å². The number of carbonyl (C=O) groups excluding carboxylic acids is 2. The highest BCUT2D eigenvalue weighted by molar-refractivity contribution is 7.92. The number of carbonyl (C=O) groups is 2. The Balaban J connectivity index is 2.09. The van der Waals surface area contributed by atoms with Crippen molar-refractivity contribution in [2.75, 3.05) is 24.2 Å². The van der Waals surface area contributed by atoms with Crippen LogP contribution < -0.4 is 9.62 Å². The summed E-state index contributed by atoms with van der Waals surface area (Å²) in [5.41, 5.74) is 1.18. The molecule has 0 heterocycles. The van der Waals surface area contributed by atoms with Crippen LogP contribution in [-0.4, -0.2) is 40.2 Å². The van der Waals surface area contributed by atoms with Crippen molar-refractivity contribution in [3.63, 3.8) is 0 Å². The zero-order valence-electron chi connectivity index (χ0n) is 14.8. The minimum absolute atomic E-state index is 0.137. The van der Waals surface area contributed by atoms with E-state index in [2.05, 4.69) is 10.1 Å². The van der Waals surface area contributed by atoms with Gasteiger partial charge in [-0.15, -0.1) is 0 Å². The summed E-state index contributed by atoms with van der Waals surface area (Å²) in [6.07, 6.45) is 0.981. The zero-order valence-corrected chi connectivity index (χ0v) is 15.6. The number of esters is 1. The van der Waals surface area contributed by atoms with Gasteiger partial charge >= 0.3 is 5.97 Å². The van der Waals surface area contributed by atoms with Gasteiger partial charge in [-0.2, -0.15) is 0 Å². The standard InChI is InChI=1S/C18H19FN2O5S/c1-26-18(23)14-5-9-16(10-6-14)21(27(2,24)25)12-17(22)20-11-13-3-7-15(19)8-4-13/h3-10H,11-12H2,1-2H3,(H,20,22). The fraction of sp³-hybridized carbons (Fsp3) is 0.222. The van der Waals surface area contributed by atoms with E-state index in [-0.39, 0.29) is 23.6 Å². The van der Waals surface area contributed by atoms with E-state index in [0.29, 0.717) is 5.56 Å². The van der Waals surface area contributed by atoms with Gasteiger partial charge in [0.25, 0.3) is 0 Å². The third-order valence-electron chi connectivity index (χ3n) is 3.67. The molecule has 0 aliphatic carbocycles. The number of sulfonamides is 1. The van der Waals surface area contributed by atoms with Crippen LogP contribution in [0.5, 0.6) is 0 Å². The molecule has 0 aromatic heterocycles. The number of methoxy groups -OCH3 is 1. The molecule has 7 nitrogen and oxygen atoms in total. The number of benzene rings is 2. The maximum absolute atomic E-state index is 12.9. The molecule has 2 rings (SSSR count). The molecule has 0 saturated heterocycles. The molecule has 9 heteroatoms. The summed E-state index contributed by atoms with van der Waals surface area (Å²) in [5, 5.41) is 2.59. The lowest BCUT2D eigenvalue weighted by Crippen LogP contribution is -2.40. The summed E-state index contributed by atoms with van der Waals surface area (Å²) >= 11 is 0. The van der Waals surface area contributed by atoms with E-state index in [1.165, 1.54) is 55.6 Å². The highest BCUT2D eigenvalue weighted by atomic mass is 32.2. The molecule has 0 saturated carbocycles. The molecule has 0 bridgehead atoms. The Bertz CT molecular complexity index is 912. The lowest BCUT2D eigenvalue weighted by atomic mass is 10.2. The van der Waals surface area contributed by atoms with Crippen LogP contribution in [0.3, 0.4) is 0 Å². The highest BCUT2D eigenvalue weighted by Crippen LogP contribution is 2.18. The second kappa shape index (κ2) is 8.63. The smallest absolute Gasteiger partial charge is 0.337 e. The maximum Gasteiger partial charge on any atom is 0.337 e. The minimum Gasteiger partial charge on any atom is -0.465 e. The Morgan fingerprint density at radius 2 is 1.67 bits per heavy atom. The first-order chi connectivity index (χ1) is 12.7. The van der Waals surface area contributed by atoms with E-state index < -0.39 is 28.4 Å². The SMILES string of the molecule is COC(=O)c1ccc(N(CC(=O)NCc2ccc(F)cc2)S(C)(=O)=O)cc1. The predicted molar refractivity (Wildman–Crippen MR) is 98.2 cm³/mol. The molecule has 2 aromatic rings. The maximum atomic E-state index is 12.9. The Hall–Kier alpha value is -2.94. The normalized spacial score (nSPS) is 10.9. The van der Waals surface area contributed by atoms with Gasteiger partial charge in [-0.3, -0.25) is 9.10 Å². The van der Waals surface area contributed by atoms with Gasteiger partial charge in [-0.25, -0.2) is 17.6 Å². The van der Waals surface area contributed by atoms with Gasteiger partial charge in [0, 0.05) is 6.54 Å². The van der Waals surface area contributed by atoms with Gasteiger partial charge in [-0.1, -0.05) is 12.1 Å². The Labute approximate surface area is 156 Å². The van der Waals surface area contributed by atoms with Crippen molar-refractivity contribution in [3.8, 4) is 0 Å². The lowest BCUT2D eigenvalue weighted by molar-refractivity contribution is -0.119. The molecule has 0 aliphatic rings. The molecule has 27 heavy (non-hydrogen) atoms. The minimum atomic E-state index is -3.73. The zero-order chi connectivity index (χ0) is 20.0. The average Bonchev–Trinajstić information content (AvgIpc) is 2.64. The highest BCUT2D eigenvalue weighted by Gasteiger charge is 2.21. The third kappa shape index (κ3) is 5.78. The third-order valence-corrected chi connectivity index (χ3v) is 4.81. The molecular weight excluding hydrogens is 375 g/mol. The lowest BCUT2D eigenvalue weighted by Gasteiger charge is -2.22. The van der Waals surface area contributed by atoms with Gasteiger partial charge < -0.3 is 10.1 Å². The number of hydrogen-bond donors (Lipinski definition) is 1. The summed E-state index contributed by atoms with van der Waals surface area (Å²) in [4.78, 5) is 23.6. The number of anilines is 1. The Kier molecular flexibility index (Phi) is 6.51. The fourth-order valence-corrected chi connectivity index (χ4v) is 3.13. The van der Waals surface area contributed by atoms with Gasteiger partial charge in [0.05, 0.1) is 24.6 Å². The van der Waals surface area contributed by atoms with Gasteiger partial charge in [0.1, 0.15) is 12.4 Å². The predicted octanol–water partition coefficient (Wildman–Crippen LogP) is 1.69. The molecule has 0 fully saturated rings. The second-order valence-electron chi connectivity index (χ2n) is 5.71. The number of hydrogen-bond acceptors (Lipinski definition) is 5. The molecule has 144 valence electrons. The summed E-state index contributed by atoms with van der Waals surface area (Å²) in [7, 11) is -2.49. The fourth-order valence-electron chi connectivity index (χ4n) is 2.27. The Morgan fingerprint density at radius 1 is 1.07 bits per heavy atom. The van der Waals surface area contributed by atoms with E-state index in [0.717, 1.165) is 10.6 Å². The molecule has 0 spiro atoms. The summed E-state index contributed by atoms with van der Waals surface area (Å²) in [6.45, 7) is -0.296. The van der Waals surface area contributed by atoms with Gasteiger partial charge in [0.15, 0.2) is 0 Å². The number of halogens is 1. The molecule has 0 radical (unpaired) electrons. The first-order valence-electron chi connectivity index (χ1n) is 7.88.